The molecule has 0 bridgehead atoms. The fraction of sp³-hybridized carbons (Fsp3) is 0.476. The third kappa shape index (κ3) is 4.59. The second-order valence-corrected chi connectivity index (χ2v) is 6.93. The van der Waals surface area contributed by atoms with Crippen LogP contribution in [0.5, 0.6) is 5.75 Å². The monoisotopic (exact) mass is 339 g/mol. The molecule has 0 radical (unpaired) electrons. The lowest BCUT2D eigenvalue weighted by Crippen LogP contribution is -2.44. The van der Waals surface area contributed by atoms with Gasteiger partial charge in [0.25, 0.3) is 0 Å². The fourth-order valence-corrected chi connectivity index (χ4v) is 3.65. The summed E-state index contributed by atoms with van der Waals surface area (Å²) in [4.78, 5) is 6.70. The van der Waals surface area contributed by atoms with E-state index in [9.17, 15) is 0 Å². The summed E-state index contributed by atoms with van der Waals surface area (Å²) < 4.78 is 5.24. The molecular weight excluding hydrogens is 310 g/mol. The Balaban J connectivity index is 1.50. The van der Waals surface area contributed by atoms with Gasteiger partial charge in [-0.25, -0.2) is 0 Å². The minimum Gasteiger partial charge on any atom is -0.497 e. The molecule has 2 aromatic rings. The molecule has 1 saturated heterocycles. The van der Waals surface area contributed by atoms with Crippen LogP contribution in [0.3, 0.4) is 0 Å². The van der Waals surface area contributed by atoms with Crippen molar-refractivity contribution in [1.82, 2.24) is 15.2 Å². The molecule has 1 aromatic heterocycles. The van der Waals surface area contributed by atoms with Crippen molar-refractivity contribution in [2.24, 2.45) is 0 Å². The number of pyridine rings is 1. The second kappa shape index (κ2) is 8.45. The SMILES string of the molecule is COc1ccc([C@@H](C)NC2CCN([C@@H](C)c3ccncc3)CC2)cc1. The molecule has 0 amide bonds. The van der Waals surface area contributed by atoms with Gasteiger partial charge in [0.05, 0.1) is 7.11 Å². The Morgan fingerprint density at radius 1 is 1.00 bits per heavy atom. The quantitative estimate of drug-likeness (QED) is 0.864. The normalized spacial score (nSPS) is 18.7. The lowest BCUT2D eigenvalue weighted by molar-refractivity contribution is 0.149. The van der Waals surface area contributed by atoms with Crippen molar-refractivity contribution < 1.29 is 4.74 Å². The Kier molecular flexibility index (Phi) is 6.05. The largest absolute Gasteiger partial charge is 0.497 e. The second-order valence-electron chi connectivity index (χ2n) is 6.93. The predicted molar refractivity (Wildman–Crippen MR) is 102 cm³/mol. The summed E-state index contributed by atoms with van der Waals surface area (Å²) in [7, 11) is 1.71. The third-order valence-corrected chi connectivity index (χ3v) is 5.37. The topological polar surface area (TPSA) is 37.4 Å². The number of aromatic nitrogens is 1. The van der Waals surface area contributed by atoms with Crippen molar-refractivity contribution >= 4 is 0 Å². The molecule has 1 fully saturated rings. The molecule has 4 heteroatoms. The molecule has 0 saturated carbocycles. The first-order chi connectivity index (χ1) is 12.2. The number of hydrogen-bond acceptors (Lipinski definition) is 4. The van der Waals surface area contributed by atoms with Crippen molar-refractivity contribution in [3.05, 3.63) is 59.9 Å². The maximum atomic E-state index is 5.24. The van der Waals surface area contributed by atoms with Crippen molar-refractivity contribution in [2.45, 2.75) is 44.8 Å². The number of rotatable bonds is 6. The molecule has 4 nitrogen and oxygen atoms in total. The maximum Gasteiger partial charge on any atom is 0.118 e. The van der Waals surface area contributed by atoms with Crippen LogP contribution in [0.1, 0.15) is 49.9 Å². The molecule has 2 atom stereocenters. The van der Waals surface area contributed by atoms with Crippen molar-refractivity contribution in [1.29, 1.82) is 0 Å². The van der Waals surface area contributed by atoms with Crippen molar-refractivity contribution in [3.63, 3.8) is 0 Å². The third-order valence-electron chi connectivity index (χ3n) is 5.37. The summed E-state index contributed by atoms with van der Waals surface area (Å²) in [6.07, 6.45) is 6.15. The van der Waals surface area contributed by atoms with Crippen molar-refractivity contribution in [3.8, 4) is 5.75 Å². The van der Waals surface area contributed by atoms with E-state index in [0.717, 1.165) is 18.8 Å². The highest BCUT2D eigenvalue weighted by molar-refractivity contribution is 5.28. The maximum absolute atomic E-state index is 5.24. The molecule has 1 N–H and O–H groups in total. The number of ether oxygens (including phenoxy) is 1. The highest BCUT2D eigenvalue weighted by Gasteiger charge is 2.24. The molecule has 0 spiro atoms. The molecule has 1 aliphatic rings. The van der Waals surface area contributed by atoms with Gasteiger partial charge in [0, 0.05) is 43.6 Å². The Morgan fingerprint density at radius 3 is 2.24 bits per heavy atom. The van der Waals surface area contributed by atoms with Crippen molar-refractivity contribution in [2.75, 3.05) is 20.2 Å². The van der Waals surface area contributed by atoms with Crippen LogP contribution in [0.2, 0.25) is 0 Å². The summed E-state index contributed by atoms with van der Waals surface area (Å²) in [6, 6.07) is 14.0. The Hall–Kier alpha value is -1.91. The molecule has 134 valence electrons. The Bertz CT molecular complexity index is 636. The molecular formula is C21H29N3O. The van der Waals surface area contributed by atoms with E-state index in [2.05, 4.69) is 53.3 Å². The molecule has 2 heterocycles. The molecule has 0 unspecified atom stereocenters. The van der Waals surface area contributed by atoms with Crippen LogP contribution < -0.4 is 10.1 Å². The number of benzene rings is 1. The van der Waals surface area contributed by atoms with Gasteiger partial charge in [0.2, 0.25) is 0 Å². The van der Waals surface area contributed by atoms with E-state index in [-0.39, 0.29) is 0 Å². The van der Waals surface area contributed by atoms with E-state index in [1.807, 2.05) is 24.5 Å². The van der Waals surface area contributed by atoms with Gasteiger partial charge in [-0.2, -0.15) is 0 Å². The van der Waals surface area contributed by atoms with Gasteiger partial charge in [0.1, 0.15) is 5.75 Å². The first kappa shape index (κ1) is 17.9. The number of methoxy groups -OCH3 is 1. The average molecular weight is 339 g/mol. The zero-order chi connectivity index (χ0) is 17.6. The molecule has 1 aromatic carbocycles. The first-order valence-corrected chi connectivity index (χ1v) is 9.21. The van der Waals surface area contributed by atoms with E-state index < -0.39 is 0 Å². The van der Waals surface area contributed by atoms with Crippen LogP contribution in [-0.4, -0.2) is 36.1 Å². The van der Waals surface area contributed by atoms with Gasteiger partial charge in [-0.15, -0.1) is 0 Å². The number of nitrogens with zero attached hydrogens (tertiary/aromatic N) is 2. The zero-order valence-electron chi connectivity index (χ0n) is 15.5. The van der Waals surface area contributed by atoms with Gasteiger partial charge in [0.15, 0.2) is 0 Å². The van der Waals surface area contributed by atoms with Gasteiger partial charge in [-0.1, -0.05) is 12.1 Å². The lowest BCUT2D eigenvalue weighted by Gasteiger charge is -2.37. The summed E-state index contributed by atoms with van der Waals surface area (Å²) in [5, 5.41) is 3.79. The zero-order valence-corrected chi connectivity index (χ0v) is 15.5. The predicted octanol–water partition coefficient (Wildman–Crippen LogP) is 3.97. The van der Waals surface area contributed by atoms with Gasteiger partial charge in [-0.05, 0) is 62.1 Å². The minimum atomic E-state index is 0.361. The number of piperidine rings is 1. The molecule has 25 heavy (non-hydrogen) atoms. The molecule has 0 aliphatic carbocycles. The van der Waals surface area contributed by atoms with Gasteiger partial charge >= 0.3 is 0 Å². The Labute approximate surface area is 151 Å². The summed E-state index contributed by atoms with van der Waals surface area (Å²) in [6.45, 7) is 6.81. The fourth-order valence-electron chi connectivity index (χ4n) is 3.65. The van der Waals surface area contributed by atoms with Gasteiger partial charge in [-0.3, -0.25) is 9.88 Å². The summed E-state index contributed by atoms with van der Waals surface area (Å²) in [5.41, 5.74) is 2.67. The standard InChI is InChI=1S/C21H29N3O/c1-16(18-4-6-21(25-3)7-5-18)23-20-10-14-24(15-11-20)17(2)19-8-12-22-13-9-19/h4-9,12-13,16-17,20,23H,10-11,14-15H2,1-3H3/t16-,17+/m1/s1. The van der Waals surface area contributed by atoms with E-state index in [1.54, 1.807) is 7.11 Å². The van der Waals surface area contributed by atoms with Crippen LogP contribution in [-0.2, 0) is 0 Å². The molecule has 3 rings (SSSR count). The smallest absolute Gasteiger partial charge is 0.118 e. The number of hydrogen-bond donors (Lipinski definition) is 1. The van der Waals surface area contributed by atoms with E-state index in [0.29, 0.717) is 18.1 Å². The van der Waals surface area contributed by atoms with Crippen LogP contribution in [0.25, 0.3) is 0 Å². The number of nitrogens with one attached hydrogen (secondary N) is 1. The first-order valence-electron chi connectivity index (χ1n) is 9.21. The lowest BCUT2D eigenvalue weighted by atomic mass is 9.99. The van der Waals surface area contributed by atoms with E-state index in [4.69, 9.17) is 4.74 Å². The Morgan fingerprint density at radius 2 is 1.64 bits per heavy atom. The van der Waals surface area contributed by atoms with Crippen LogP contribution in [0, 0.1) is 0 Å². The number of likely N-dealkylation sites (tertiary alicyclic amines) is 1. The summed E-state index contributed by atoms with van der Waals surface area (Å²) in [5.74, 6) is 0.911. The minimum absolute atomic E-state index is 0.361. The van der Waals surface area contributed by atoms with Crippen LogP contribution in [0.4, 0.5) is 0 Å². The molecule has 1 aliphatic heterocycles. The average Bonchev–Trinajstić information content (AvgIpc) is 2.68. The highest BCUT2D eigenvalue weighted by Crippen LogP contribution is 2.25. The summed E-state index contributed by atoms with van der Waals surface area (Å²) >= 11 is 0. The van der Waals surface area contributed by atoms with Crippen LogP contribution >= 0.6 is 0 Å². The van der Waals surface area contributed by atoms with E-state index >= 15 is 0 Å². The van der Waals surface area contributed by atoms with Crippen LogP contribution in [0.15, 0.2) is 48.8 Å². The highest BCUT2D eigenvalue weighted by atomic mass is 16.5. The van der Waals surface area contributed by atoms with Gasteiger partial charge < -0.3 is 10.1 Å². The van der Waals surface area contributed by atoms with E-state index in [1.165, 1.54) is 24.0 Å².